The van der Waals surface area contributed by atoms with E-state index in [2.05, 4.69) is 20.3 Å². The van der Waals surface area contributed by atoms with Crippen molar-refractivity contribution < 1.29 is 4.79 Å². The molecule has 1 atom stereocenters. The molecule has 0 spiro atoms. The number of pyridine rings is 1. The lowest BCUT2D eigenvalue weighted by Crippen LogP contribution is -2.26. The van der Waals surface area contributed by atoms with Gasteiger partial charge in [-0.15, -0.1) is 11.3 Å². The van der Waals surface area contributed by atoms with Crippen LogP contribution in [0.2, 0.25) is 0 Å². The number of nitrogens with zero attached hydrogens (tertiary/aromatic N) is 2. The topological polar surface area (TPSA) is 70.7 Å². The standard InChI is InChI=1S/C19H16N4OS/c1-12(19-23-17(11-25-19)15-3-2-7-20-10-15)22-18(24)14-5-4-13-6-8-21-16(13)9-14/h2-12,21H,1H3,(H,22,24). The lowest BCUT2D eigenvalue weighted by atomic mass is 10.1. The summed E-state index contributed by atoms with van der Waals surface area (Å²) in [5, 5.41) is 6.96. The lowest BCUT2D eigenvalue weighted by molar-refractivity contribution is 0.0940. The molecule has 4 rings (SSSR count). The minimum Gasteiger partial charge on any atom is -0.361 e. The quantitative estimate of drug-likeness (QED) is 0.581. The normalized spacial score (nSPS) is 12.2. The van der Waals surface area contributed by atoms with Crippen molar-refractivity contribution in [2.75, 3.05) is 0 Å². The van der Waals surface area contributed by atoms with Crippen LogP contribution in [0.15, 0.2) is 60.4 Å². The van der Waals surface area contributed by atoms with Gasteiger partial charge in [-0.2, -0.15) is 0 Å². The molecule has 0 aliphatic carbocycles. The van der Waals surface area contributed by atoms with Gasteiger partial charge < -0.3 is 10.3 Å². The molecule has 1 aromatic carbocycles. The number of benzene rings is 1. The second-order valence-corrected chi connectivity index (χ2v) is 6.68. The number of fused-ring (bicyclic) bond motifs is 1. The third kappa shape index (κ3) is 3.16. The van der Waals surface area contributed by atoms with E-state index in [1.807, 2.05) is 54.9 Å². The molecular weight excluding hydrogens is 332 g/mol. The predicted octanol–water partition coefficient (Wildman–Crippen LogP) is 4.18. The van der Waals surface area contributed by atoms with Gasteiger partial charge in [0, 0.05) is 40.6 Å². The van der Waals surface area contributed by atoms with Gasteiger partial charge in [0.15, 0.2) is 0 Å². The van der Waals surface area contributed by atoms with E-state index < -0.39 is 0 Å². The number of amides is 1. The zero-order valence-corrected chi connectivity index (χ0v) is 14.4. The summed E-state index contributed by atoms with van der Waals surface area (Å²) in [6.45, 7) is 1.94. The molecule has 0 bridgehead atoms. The van der Waals surface area contributed by atoms with Crippen LogP contribution in [0.5, 0.6) is 0 Å². The smallest absolute Gasteiger partial charge is 0.251 e. The fourth-order valence-corrected chi connectivity index (χ4v) is 3.50. The molecule has 0 fully saturated rings. The number of H-pyrrole nitrogens is 1. The van der Waals surface area contributed by atoms with E-state index in [0.29, 0.717) is 5.56 Å². The fraction of sp³-hybridized carbons (Fsp3) is 0.105. The Labute approximate surface area is 148 Å². The van der Waals surface area contributed by atoms with Gasteiger partial charge in [-0.05, 0) is 42.6 Å². The second-order valence-electron chi connectivity index (χ2n) is 5.79. The van der Waals surface area contributed by atoms with Gasteiger partial charge >= 0.3 is 0 Å². The lowest BCUT2D eigenvalue weighted by Gasteiger charge is -2.11. The van der Waals surface area contributed by atoms with Crippen LogP contribution in [0.1, 0.15) is 28.3 Å². The van der Waals surface area contributed by atoms with Crippen LogP contribution in [0.4, 0.5) is 0 Å². The molecule has 0 aliphatic heterocycles. The summed E-state index contributed by atoms with van der Waals surface area (Å²) in [4.78, 5) is 24.4. The fourth-order valence-electron chi connectivity index (χ4n) is 2.66. The Morgan fingerprint density at radius 3 is 3.04 bits per heavy atom. The van der Waals surface area contributed by atoms with Crippen molar-refractivity contribution >= 4 is 28.1 Å². The van der Waals surface area contributed by atoms with Gasteiger partial charge in [0.25, 0.3) is 5.91 Å². The van der Waals surface area contributed by atoms with Crippen molar-refractivity contribution in [1.29, 1.82) is 0 Å². The molecule has 1 unspecified atom stereocenters. The average molecular weight is 348 g/mol. The Balaban J connectivity index is 1.50. The van der Waals surface area contributed by atoms with E-state index in [9.17, 15) is 4.79 Å². The highest BCUT2D eigenvalue weighted by Gasteiger charge is 2.15. The molecule has 0 aliphatic rings. The van der Waals surface area contributed by atoms with Crippen LogP contribution in [0.25, 0.3) is 22.2 Å². The number of aromatic nitrogens is 3. The largest absolute Gasteiger partial charge is 0.361 e. The van der Waals surface area contributed by atoms with Gasteiger partial charge in [-0.3, -0.25) is 9.78 Å². The monoisotopic (exact) mass is 348 g/mol. The second kappa shape index (κ2) is 6.49. The summed E-state index contributed by atoms with van der Waals surface area (Å²) >= 11 is 1.53. The van der Waals surface area contributed by atoms with Crippen molar-refractivity contribution in [2.24, 2.45) is 0 Å². The SMILES string of the molecule is CC(NC(=O)c1ccc2cc[nH]c2c1)c1nc(-c2cccnc2)cs1. The summed E-state index contributed by atoms with van der Waals surface area (Å²) in [7, 11) is 0. The van der Waals surface area contributed by atoms with E-state index in [0.717, 1.165) is 27.2 Å². The van der Waals surface area contributed by atoms with Gasteiger partial charge in [0.05, 0.1) is 11.7 Å². The first kappa shape index (κ1) is 15.5. The number of rotatable bonds is 4. The minimum atomic E-state index is -0.165. The summed E-state index contributed by atoms with van der Waals surface area (Å²) in [6.07, 6.45) is 5.39. The highest BCUT2D eigenvalue weighted by atomic mass is 32.1. The Morgan fingerprint density at radius 1 is 1.28 bits per heavy atom. The number of carbonyl (C=O) groups is 1. The van der Waals surface area contributed by atoms with E-state index in [1.165, 1.54) is 11.3 Å². The summed E-state index contributed by atoms with van der Waals surface area (Å²) in [5.41, 5.74) is 3.43. The van der Waals surface area contributed by atoms with Crippen molar-refractivity contribution in [1.82, 2.24) is 20.3 Å². The Bertz CT molecular complexity index is 1020. The molecule has 3 heterocycles. The number of nitrogens with one attached hydrogen (secondary N) is 2. The Morgan fingerprint density at radius 2 is 2.20 bits per heavy atom. The molecule has 5 nitrogen and oxygen atoms in total. The summed E-state index contributed by atoms with van der Waals surface area (Å²) in [6, 6.07) is 11.3. The maximum absolute atomic E-state index is 12.5. The minimum absolute atomic E-state index is 0.109. The number of hydrogen-bond donors (Lipinski definition) is 2. The molecule has 1 amide bonds. The molecule has 2 N–H and O–H groups in total. The molecule has 0 saturated heterocycles. The van der Waals surface area contributed by atoms with Gasteiger partial charge in [-0.25, -0.2) is 4.98 Å². The molecule has 25 heavy (non-hydrogen) atoms. The van der Waals surface area contributed by atoms with Crippen molar-refractivity contribution in [3.05, 3.63) is 70.9 Å². The van der Waals surface area contributed by atoms with Crippen LogP contribution in [0, 0.1) is 0 Å². The molecule has 4 aromatic rings. The van der Waals surface area contributed by atoms with E-state index >= 15 is 0 Å². The van der Waals surface area contributed by atoms with Crippen LogP contribution in [0.3, 0.4) is 0 Å². The molecular formula is C19H16N4OS. The number of hydrogen-bond acceptors (Lipinski definition) is 4. The predicted molar refractivity (Wildman–Crippen MR) is 99.5 cm³/mol. The van der Waals surface area contributed by atoms with E-state index in [4.69, 9.17) is 0 Å². The highest BCUT2D eigenvalue weighted by molar-refractivity contribution is 7.10. The van der Waals surface area contributed by atoms with Crippen molar-refractivity contribution in [3.8, 4) is 11.3 Å². The van der Waals surface area contributed by atoms with Gasteiger partial charge in [0.1, 0.15) is 5.01 Å². The molecule has 124 valence electrons. The Hall–Kier alpha value is -2.99. The maximum Gasteiger partial charge on any atom is 0.251 e. The average Bonchev–Trinajstić information content (AvgIpc) is 3.31. The first-order valence-electron chi connectivity index (χ1n) is 7.94. The zero-order chi connectivity index (χ0) is 17.2. The third-order valence-corrected chi connectivity index (χ3v) is 5.04. The summed E-state index contributed by atoms with van der Waals surface area (Å²) in [5.74, 6) is -0.109. The van der Waals surface area contributed by atoms with Crippen LogP contribution < -0.4 is 5.32 Å². The zero-order valence-electron chi connectivity index (χ0n) is 13.6. The van der Waals surface area contributed by atoms with Crippen molar-refractivity contribution in [2.45, 2.75) is 13.0 Å². The van der Waals surface area contributed by atoms with Gasteiger partial charge in [-0.1, -0.05) is 6.07 Å². The first-order valence-corrected chi connectivity index (χ1v) is 8.82. The molecule has 3 aromatic heterocycles. The van der Waals surface area contributed by atoms with Crippen molar-refractivity contribution in [3.63, 3.8) is 0 Å². The molecule has 0 saturated carbocycles. The first-order chi connectivity index (χ1) is 12.2. The highest BCUT2D eigenvalue weighted by Crippen LogP contribution is 2.25. The van der Waals surface area contributed by atoms with Crippen LogP contribution in [-0.4, -0.2) is 20.9 Å². The van der Waals surface area contributed by atoms with Gasteiger partial charge in [0.2, 0.25) is 0 Å². The molecule has 6 heteroatoms. The maximum atomic E-state index is 12.5. The van der Waals surface area contributed by atoms with Crippen LogP contribution in [-0.2, 0) is 0 Å². The van der Waals surface area contributed by atoms with E-state index in [-0.39, 0.29) is 11.9 Å². The summed E-state index contributed by atoms with van der Waals surface area (Å²) < 4.78 is 0. The van der Waals surface area contributed by atoms with E-state index in [1.54, 1.807) is 12.4 Å². The third-order valence-electron chi connectivity index (χ3n) is 4.01. The Kier molecular flexibility index (Phi) is 4.03. The molecule has 0 radical (unpaired) electrons. The van der Waals surface area contributed by atoms with Crippen LogP contribution >= 0.6 is 11.3 Å². The number of carbonyl (C=O) groups excluding carboxylic acids is 1. The number of aromatic amines is 1. The number of thiazole rings is 1.